The first-order valence-electron chi connectivity index (χ1n) is 12.7. The van der Waals surface area contributed by atoms with Crippen molar-refractivity contribution in [1.29, 1.82) is 0 Å². The average Bonchev–Trinajstić information content (AvgIpc) is 2.95. The third-order valence-electron chi connectivity index (χ3n) is 6.67. The number of morpholine rings is 1. The number of halogens is 26. The quantitative estimate of drug-likeness (QED) is 0.108. The van der Waals surface area contributed by atoms with Crippen molar-refractivity contribution in [2.75, 3.05) is 39.5 Å². The Bertz CT molecular complexity index is 1190. The molecule has 0 spiro atoms. The van der Waals surface area contributed by atoms with Crippen molar-refractivity contribution in [2.45, 2.75) is 84.4 Å². The molecule has 32 heteroatoms. The highest BCUT2D eigenvalue weighted by Crippen LogP contribution is 2.63. The molecule has 1 aliphatic rings. The summed E-state index contributed by atoms with van der Waals surface area (Å²) in [5.41, 5.74) is 0. The summed E-state index contributed by atoms with van der Waals surface area (Å²) in [7, 11) is -5.93. The standard InChI is InChI=1S/C20H16F26NO4P/c21-9(22,11(25,26)13(29,30)15(33,34)17(37,38)19(41,42)43)1-5-50-52(48,47-3-7-49-8-4-47)51-6-2-10(23,24)12(27,28)14(31,32)16(35,36)18(39,40)20(44,45)46/h1-8H2. The van der Waals surface area contributed by atoms with Crippen LogP contribution in [0.5, 0.6) is 0 Å². The lowest BCUT2D eigenvalue weighted by Crippen LogP contribution is -2.70. The Morgan fingerprint density at radius 2 is 0.673 bits per heavy atom. The highest BCUT2D eigenvalue weighted by Gasteiger charge is 2.92. The molecule has 0 unspecified atom stereocenters. The fourth-order valence-electron chi connectivity index (χ4n) is 3.50. The van der Waals surface area contributed by atoms with Crippen molar-refractivity contribution in [1.82, 2.24) is 4.67 Å². The fourth-order valence-corrected chi connectivity index (χ4v) is 5.19. The van der Waals surface area contributed by atoms with Gasteiger partial charge < -0.3 is 4.74 Å². The molecule has 0 N–H and O–H groups in total. The largest absolute Gasteiger partial charge is 0.460 e. The van der Waals surface area contributed by atoms with Crippen LogP contribution in [0, 0.1) is 0 Å². The molecular weight excluding hydrogens is 843 g/mol. The predicted molar refractivity (Wildman–Crippen MR) is 113 cm³/mol. The summed E-state index contributed by atoms with van der Waals surface area (Å²) in [6.07, 6.45) is -22.0. The van der Waals surface area contributed by atoms with E-state index in [0.29, 0.717) is 0 Å². The van der Waals surface area contributed by atoms with E-state index in [1.165, 1.54) is 0 Å². The second-order valence-corrected chi connectivity index (χ2v) is 12.2. The Morgan fingerprint density at radius 1 is 0.423 bits per heavy atom. The van der Waals surface area contributed by atoms with Gasteiger partial charge in [-0.2, -0.15) is 114 Å². The molecule has 1 fully saturated rings. The Morgan fingerprint density at radius 3 is 0.923 bits per heavy atom. The van der Waals surface area contributed by atoms with E-state index >= 15 is 0 Å². The van der Waals surface area contributed by atoms with Gasteiger partial charge in [-0.1, -0.05) is 0 Å². The van der Waals surface area contributed by atoms with Gasteiger partial charge in [0.2, 0.25) is 0 Å². The summed E-state index contributed by atoms with van der Waals surface area (Å²) in [6.45, 7) is -8.44. The van der Waals surface area contributed by atoms with Gasteiger partial charge in [0.1, 0.15) is 0 Å². The van der Waals surface area contributed by atoms with Crippen LogP contribution < -0.4 is 0 Å². The monoisotopic (exact) mass is 859 g/mol. The SMILES string of the molecule is O=P(OCCC(F)(F)C(F)(F)C(F)(F)C(F)(F)C(F)(F)C(F)(F)F)(OCCC(F)(F)C(F)(F)C(F)(F)C(F)(F)C(F)(F)C(F)(F)F)N1CCOCC1. The zero-order valence-corrected chi connectivity index (χ0v) is 24.9. The van der Waals surface area contributed by atoms with Crippen LogP contribution in [-0.2, 0) is 18.3 Å². The van der Waals surface area contributed by atoms with E-state index < -0.39 is 132 Å². The van der Waals surface area contributed by atoms with Gasteiger partial charge >= 0.3 is 79.3 Å². The Balaban J connectivity index is 3.34. The molecule has 1 rings (SSSR count). The number of ether oxygens (including phenoxy) is 1. The Kier molecular flexibility index (Phi) is 13.1. The lowest BCUT2D eigenvalue weighted by molar-refractivity contribution is -0.440. The Hall–Kier alpha value is -1.75. The van der Waals surface area contributed by atoms with Gasteiger partial charge in [0, 0.05) is 25.9 Å². The predicted octanol–water partition coefficient (Wildman–Crippen LogP) is 9.72. The molecule has 312 valence electrons. The van der Waals surface area contributed by atoms with E-state index in [1.807, 2.05) is 0 Å². The average molecular weight is 859 g/mol. The summed E-state index contributed by atoms with van der Waals surface area (Å²) in [6, 6.07) is 0. The second-order valence-electron chi connectivity index (χ2n) is 10.2. The van der Waals surface area contributed by atoms with Crippen LogP contribution in [0.4, 0.5) is 114 Å². The number of hydrogen-bond donors (Lipinski definition) is 0. The van der Waals surface area contributed by atoms with Gasteiger partial charge in [0.25, 0.3) is 0 Å². The van der Waals surface area contributed by atoms with Crippen LogP contribution in [-0.4, -0.2) is 116 Å². The van der Waals surface area contributed by atoms with Crippen LogP contribution in [0.15, 0.2) is 0 Å². The molecule has 52 heavy (non-hydrogen) atoms. The molecule has 0 atom stereocenters. The molecule has 0 saturated carbocycles. The maximum Gasteiger partial charge on any atom is 0.460 e. The third kappa shape index (κ3) is 7.70. The molecule has 0 radical (unpaired) electrons. The number of rotatable bonds is 17. The number of hydrogen-bond acceptors (Lipinski definition) is 4. The molecule has 0 amide bonds. The third-order valence-corrected chi connectivity index (χ3v) is 8.78. The summed E-state index contributed by atoms with van der Waals surface area (Å²) in [4.78, 5) is 0. The number of nitrogens with zero attached hydrogens (tertiary/aromatic N) is 1. The lowest BCUT2D eigenvalue weighted by atomic mass is 9.93. The van der Waals surface area contributed by atoms with E-state index in [2.05, 4.69) is 13.8 Å². The van der Waals surface area contributed by atoms with Crippen molar-refractivity contribution in [2.24, 2.45) is 0 Å². The van der Waals surface area contributed by atoms with E-state index in [9.17, 15) is 119 Å². The van der Waals surface area contributed by atoms with E-state index in [1.54, 1.807) is 0 Å². The molecule has 0 bridgehead atoms. The smallest absolute Gasteiger partial charge is 0.379 e. The van der Waals surface area contributed by atoms with Crippen LogP contribution >= 0.6 is 7.75 Å². The van der Waals surface area contributed by atoms with E-state index in [4.69, 9.17) is 0 Å². The first-order valence-corrected chi connectivity index (χ1v) is 14.2. The molecule has 0 aromatic carbocycles. The van der Waals surface area contributed by atoms with E-state index in [0.717, 1.165) is 0 Å². The van der Waals surface area contributed by atoms with Crippen LogP contribution in [0.2, 0.25) is 0 Å². The van der Waals surface area contributed by atoms with Gasteiger partial charge in [-0.25, -0.2) is 9.24 Å². The van der Waals surface area contributed by atoms with Crippen molar-refractivity contribution < 1.29 is 133 Å². The number of alkyl halides is 26. The summed E-state index contributed by atoms with van der Waals surface area (Å²) >= 11 is 0. The van der Waals surface area contributed by atoms with Crippen molar-refractivity contribution in [3.05, 3.63) is 0 Å². The molecular formula is C20H16F26NO4P. The normalized spacial score (nSPS) is 18.3. The van der Waals surface area contributed by atoms with Crippen LogP contribution in [0.1, 0.15) is 12.8 Å². The van der Waals surface area contributed by atoms with E-state index in [-0.39, 0.29) is 4.67 Å². The fraction of sp³-hybridized carbons (Fsp3) is 1.00. The highest BCUT2D eigenvalue weighted by atomic mass is 31.2. The molecule has 1 heterocycles. The topological polar surface area (TPSA) is 48.0 Å². The lowest BCUT2D eigenvalue weighted by Gasteiger charge is -2.40. The molecule has 5 nitrogen and oxygen atoms in total. The first-order chi connectivity index (χ1) is 22.5. The van der Waals surface area contributed by atoms with Gasteiger partial charge in [-0.15, -0.1) is 0 Å². The van der Waals surface area contributed by atoms with Gasteiger partial charge in [-0.3, -0.25) is 9.05 Å². The molecule has 1 saturated heterocycles. The Labute approximate surface area is 270 Å². The molecule has 1 aliphatic heterocycles. The second kappa shape index (κ2) is 14.1. The minimum absolute atomic E-state index is 0.0718. The zero-order valence-electron chi connectivity index (χ0n) is 24.0. The molecule has 0 aliphatic carbocycles. The highest BCUT2D eigenvalue weighted by molar-refractivity contribution is 7.51. The molecule has 0 aromatic rings. The van der Waals surface area contributed by atoms with Crippen molar-refractivity contribution >= 4 is 7.75 Å². The zero-order chi connectivity index (χ0) is 41.9. The van der Waals surface area contributed by atoms with Crippen LogP contribution in [0.25, 0.3) is 0 Å². The van der Waals surface area contributed by atoms with Crippen LogP contribution in [0.3, 0.4) is 0 Å². The maximum atomic E-state index is 14.1. The van der Waals surface area contributed by atoms with Gasteiger partial charge in [-0.05, 0) is 0 Å². The van der Waals surface area contributed by atoms with Gasteiger partial charge in [0.05, 0.1) is 26.4 Å². The van der Waals surface area contributed by atoms with Crippen molar-refractivity contribution in [3.8, 4) is 0 Å². The maximum absolute atomic E-state index is 14.1. The first kappa shape index (κ1) is 48.3. The summed E-state index contributed by atoms with van der Waals surface area (Å²) < 4.78 is 371. The van der Waals surface area contributed by atoms with Gasteiger partial charge in [0.15, 0.2) is 0 Å². The minimum atomic E-state index is -8.34. The molecule has 0 aromatic heterocycles. The summed E-state index contributed by atoms with van der Waals surface area (Å²) in [5, 5.41) is 0. The summed E-state index contributed by atoms with van der Waals surface area (Å²) in [5.74, 6) is -79.1. The van der Waals surface area contributed by atoms with Crippen molar-refractivity contribution in [3.63, 3.8) is 0 Å². The minimum Gasteiger partial charge on any atom is -0.379 e.